The van der Waals surface area contributed by atoms with Crippen LogP contribution in [0, 0.1) is 17.2 Å². The summed E-state index contributed by atoms with van der Waals surface area (Å²) in [4.78, 5) is 28.7. The highest BCUT2D eigenvalue weighted by atomic mass is 35.5. The lowest BCUT2D eigenvalue weighted by Crippen LogP contribution is -2.30. The summed E-state index contributed by atoms with van der Waals surface area (Å²) in [7, 11) is 0. The van der Waals surface area contributed by atoms with Gasteiger partial charge in [0, 0.05) is 35.3 Å². The third-order valence-electron chi connectivity index (χ3n) is 7.04. The lowest BCUT2D eigenvalue weighted by atomic mass is 9.80. The SMILES string of the molecule is CC.CC.CC1C(CC(C)(C)C)NCC1c1cccc(Cl)c1F.CC=O.O=CNC1CCCCC1.O=CNc1cccc(Cl)c1. The molecule has 256 valence electrons. The third kappa shape index (κ3) is 19.6. The van der Waals surface area contributed by atoms with E-state index in [4.69, 9.17) is 28.0 Å². The van der Waals surface area contributed by atoms with Crippen molar-refractivity contribution in [1.29, 1.82) is 0 Å². The highest BCUT2D eigenvalue weighted by Crippen LogP contribution is 2.38. The molecule has 6 nitrogen and oxygen atoms in total. The molecule has 45 heavy (non-hydrogen) atoms. The molecule has 3 atom stereocenters. The van der Waals surface area contributed by atoms with Crippen LogP contribution in [0.2, 0.25) is 10.0 Å². The van der Waals surface area contributed by atoms with Crippen molar-refractivity contribution in [3.63, 3.8) is 0 Å². The average molecular weight is 671 g/mol. The summed E-state index contributed by atoms with van der Waals surface area (Å²) in [6, 6.07) is 13.2. The second-order valence-corrected chi connectivity index (χ2v) is 12.4. The second kappa shape index (κ2) is 26.7. The van der Waals surface area contributed by atoms with Crippen molar-refractivity contribution in [2.24, 2.45) is 11.3 Å². The molecule has 4 rings (SSSR count). The zero-order chi connectivity index (χ0) is 34.8. The van der Waals surface area contributed by atoms with Gasteiger partial charge in [-0.05, 0) is 67.3 Å². The molecule has 2 fully saturated rings. The fourth-order valence-corrected chi connectivity index (χ4v) is 5.43. The van der Waals surface area contributed by atoms with Gasteiger partial charge >= 0.3 is 0 Å². The first-order valence-electron chi connectivity index (χ1n) is 16.2. The molecule has 3 N–H and O–H groups in total. The smallest absolute Gasteiger partial charge is 0.211 e. The number of aldehydes is 1. The Kier molecular flexibility index (Phi) is 26.5. The van der Waals surface area contributed by atoms with Crippen LogP contribution in [0.4, 0.5) is 10.1 Å². The number of nitrogens with one attached hydrogen (secondary N) is 3. The van der Waals surface area contributed by atoms with E-state index in [0.29, 0.717) is 35.1 Å². The molecule has 0 aromatic heterocycles. The minimum absolute atomic E-state index is 0.214. The number of hydrogen-bond acceptors (Lipinski definition) is 4. The van der Waals surface area contributed by atoms with Crippen LogP contribution in [0.3, 0.4) is 0 Å². The molecule has 1 aliphatic carbocycles. The number of rotatable bonds is 6. The highest BCUT2D eigenvalue weighted by Gasteiger charge is 2.36. The summed E-state index contributed by atoms with van der Waals surface area (Å²) in [6.07, 6.45) is 9.56. The Morgan fingerprint density at radius 1 is 0.933 bits per heavy atom. The molecule has 0 bridgehead atoms. The molecule has 0 spiro atoms. The van der Waals surface area contributed by atoms with E-state index < -0.39 is 0 Å². The van der Waals surface area contributed by atoms with Gasteiger partial charge in [0.25, 0.3) is 0 Å². The molecular formula is C36H58Cl2FN3O3. The summed E-state index contributed by atoms with van der Waals surface area (Å²) < 4.78 is 14.1. The molecule has 3 unspecified atom stereocenters. The van der Waals surface area contributed by atoms with Gasteiger partial charge in [-0.3, -0.25) is 9.59 Å². The molecule has 1 heterocycles. The third-order valence-corrected chi connectivity index (χ3v) is 7.57. The van der Waals surface area contributed by atoms with Gasteiger partial charge in [0.1, 0.15) is 12.1 Å². The fraction of sp³-hybridized carbons (Fsp3) is 0.583. The van der Waals surface area contributed by atoms with Crippen LogP contribution in [0.15, 0.2) is 42.5 Å². The van der Waals surface area contributed by atoms with Crippen LogP contribution in [0.1, 0.15) is 112 Å². The van der Waals surface area contributed by atoms with Crippen LogP contribution in [-0.4, -0.2) is 37.7 Å². The summed E-state index contributed by atoms with van der Waals surface area (Å²) in [5.41, 5.74) is 1.75. The number of halogens is 3. The topological polar surface area (TPSA) is 87.3 Å². The Morgan fingerprint density at radius 3 is 2.02 bits per heavy atom. The maximum atomic E-state index is 14.1. The standard InChI is InChI=1S/C16H23ClFN.C7H6ClNO.C7H13NO.C2H4O.2C2H6/c1-10-12(9-19-14(10)8-16(2,3)4)11-6-5-7-13(17)15(11)18;8-6-2-1-3-7(4-6)9-5-10;9-6-8-7-4-2-1-3-5-7;1-2-3;2*1-2/h5-7,10,12,14,19H,8-9H2,1-4H3;1-5H,(H,9,10);6-7H,1-5H2,(H,8,9);2H,1H3;2*1-2H3. The van der Waals surface area contributed by atoms with Crippen molar-refractivity contribution in [3.05, 3.63) is 63.9 Å². The van der Waals surface area contributed by atoms with E-state index in [0.717, 1.165) is 31.2 Å². The predicted octanol–water partition coefficient (Wildman–Crippen LogP) is 9.84. The van der Waals surface area contributed by atoms with Crippen molar-refractivity contribution in [1.82, 2.24) is 10.6 Å². The van der Waals surface area contributed by atoms with Gasteiger partial charge in [0.15, 0.2) is 0 Å². The zero-order valence-corrected chi connectivity index (χ0v) is 30.4. The number of anilines is 1. The Hall–Kier alpha value is -2.48. The Labute approximate surface area is 282 Å². The van der Waals surface area contributed by atoms with Crippen molar-refractivity contribution in [2.45, 2.75) is 119 Å². The Morgan fingerprint density at radius 2 is 1.51 bits per heavy atom. The van der Waals surface area contributed by atoms with Crippen LogP contribution in [0.25, 0.3) is 0 Å². The fourth-order valence-electron chi connectivity index (χ4n) is 5.06. The van der Waals surface area contributed by atoms with Crippen molar-refractivity contribution in [3.8, 4) is 0 Å². The maximum Gasteiger partial charge on any atom is 0.211 e. The van der Waals surface area contributed by atoms with Gasteiger partial charge < -0.3 is 20.7 Å². The molecule has 1 aliphatic heterocycles. The lowest BCUT2D eigenvalue weighted by molar-refractivity contribution is -0.110. The van der Waals surface area contributed by atoms with E-state index in [1.165, 1.54) is 39.0 Å². The van der Waals surface area contributed by atoms with Gasteiger partial charge in [-0.2, -0.15) is 0 Å². The lowest BCUT2D eigenvalue weighted by Gasteiger charge is -2.27. The van der Waals surface area contributed by atoms with E-state index in [9.17, 15) is 14.0 Å². The minimum atomic E-state index is -0.251. The van der Waals surface area contributed by atoms with Gasteiger partial charge in [-0.25, -0.2) is 4.39 Å². The normalized spacial score (nSPS) is 18.5. The summed E-state index contributed by atoms with van der Waals surface area (Å²) >= 11 is 11.5. The summed E-state index contributed by atoms with van der Waals surface area (Å²) in [6.45, 7) is 19.2. The number of benzene rings is 2. The highest BCUT2D eigenvalue weighted by molar-refractivity contribution is 6.31. The first-order chi connectivity index (χ1) is 21.5. The molecule has 1 saturated carbocycles. The van der Waals surface area contributed by atoms with Crippen LogP contribution in [0.5, 0.6) is 0 Å². The van der Waals surface area contributed by atoms with Gasteiger partial charge in [-0.15, -0.1) is 0 Å². The molecule has 0 radical (unpaired) electrons. The van der Waals surface area contributed by atoms with E-state index in [-0.39, 0.29) is 22.2 Å². The molecule has 1 saturated heterocycles. The van der Waals surface area contributed by atoms with Crippen LogP contribution >= 0.6 is 23.2 Å². The average Bonchev–Trinajstić information content (AvgIpc) is 3.36. The number of carbonyl (C=O) groups excluding carboxylic acids is 3. The van der Waals surface area contributed by atoms with Crippen molar-refractivity contribution in [2.75, 3.05) is 11.9 Å². The van der Waals surface area contributed by atoms with E-state index >= 15 is 0 Å². The molecule has 2 amide bonds. The summed E-state index contributed by atoms with van der Waals surface area (Å²) in [5.74, 6) is 0.387. The molecule has 9 heteroatoms. The van der Waals surface area contributed by atoms with Crippen molar-refractivity contribution < 1.29 is 18.8 Å². The zero-order valence-electron chi connectivity index (χ0n) is 28.9. The first-order valence-corrected chi connectivity index (χ1v) is 17.0. The predicted molar refractivity (Wildman–Crippen MR) is 191 cm³/mol. The van der Waals surface area contributed by atoms with Gasteiger partial charge in [0.2, 0.25) is 12.8 Å². The monoisotopic (exact) mass is 669 g/mol. The Bertz CT molecular complexity index is 1060. The van der Waals surface area contributed by atoms with Gasteiger partial charge in [0.05, 0.1) is 5.02 Å². The Balaban J connectivity index is 0. The van der Waals surface area contributed by atoms with Crippen LogP contribution in [-0.2, 0) is 14.4 Å². The van der Waals surface area contributed by atoms with Crippen LogP contribution < -0.4 is 16.0 Å². The number of hydrogen-bond donors (Lipinski definition) is 3. The molecule has 2 aromatic rings. The largest absolute Gasteiger partial charge is 0.356 e. The maximum absolute atomic E-state index is 14.1. The minimum Gasteiger partial charge on any atom is -0.356 e. The van der Waals surface area contributed by atoms with E-state index in [1.54, 1.807) is 30.3 Å². The molecule has 2 aliphatic rings. The quantitative estimate of drug-likeness (QED) is 0.267. The number of amides is 2. The molecular weight excluding hydrogens is 612 g/mol. The number of carbonyl (C=O) groups is 3. The second-order valence-electron chi connectivity index (χ2n) is 11.5. The molecule has 2 aromatic carbocycles. The van der Waals surface area contributed by atoms with E-state index in [2.05, 4.69) is 43.6 Å². The van der Waals surface area contributed by atoms with Gasteiger partial charge in [-0.1, -0.05) is 116 Å². The first kappa shape index (κ1) is 44.6. The van der Waals surface area contributed by atoms with E-state index in [1.807, 2.05) is 39.8 Å². The van der Waals surface area contributed by atoms with Crippen molar-refractivity contribution >= 4 is 48.0 Å². The summed E-state index contributed by atoms with van der Waals surface area (Å²) in [5, 5.41) is 9.68.